The minimum atomic E-state index is -0.612. The number of hydrogen-bond acceptors (Lipinski definition) is 6. The summed E-state index contributed by atoms with van der Waals surface area (Å²) in [5.74, 6) is 0.142. The second kappa shape index (κ2) is 10.6. The number of likely N-dealkylation sites (tertiary alicyclic amines) is 2. The van der Waals surface area contributed by atoms with Crippen LogP contribution in [-0.4, -0.2) is 96.1 Å². The van der Waals surface area contributed by atoms with Gasteiger partial charge in [0.25, 0.3) is 0 Å². The first-order chi connectivity index (χ1) is 14.7. The van der Waals surface area contributed by atoms with Crippen molar-refractivity contribution >= 4 is 12.0 Å². The summed E-state index contributed by atoms with van der Waals surface area (Å²) in [5, 5.41) is 16.2. The van der Waals surface area contributed by atoms with Gasteiger partial charge in [-0.05, 0) is 52.9 Å². The molecule has 0 aromatic heterocycles. The number of ether oxygens (including phenoxy) is 1. The Hall–Kier alpha value is -1.22. The smallest absolute Gasteiger partial charge is 0.408 e. The molecule has 3 N–H and O–H groups in total. The third-order valence-corrected chi connectivity index (χ3v) is 7.05. The molecular weight excluding hydrogens is 396 g/mol. The predicted octanol–water partition coefficient (Wildman–Crippen LogP) is 1.62. The molecule has 3 aliphatic rings. The summed E-state index contributed by atoms with van der Waals surface area (Å²) < 4.78 is 6.01. The molecule has 3 fully saturated rings. The number of nitrogens with one attached hydrogen (secondary N) is 2. The van der Waals surface area contributed by atoms with E-state index in [1.165, 1.54) is 6.42 Å². The topological polar surface area (TPSA) is 90.9 Å². The molecule has 0 radical (unpaired) electrons. The maximum absolute atomic E-state index is 14.2. The maximum Gasteiger partial charge on any atom is 0.408 e. The molecule has 8 nitrogen and oxygen atoms in total. The second-order valence-corrected chi connectivity index (χ2v) is 10.6. The fourth-order valence-corrected chi connectivity index (χ4v) is 5.45. The minimum Gasteiger partial charge on any atom is -0.444 e. The SMILES string of the molecule is CC(C)(C)OC(=O)NC(CN1CCC(O)CC1)C(=O)[N+]1(C2CCNCC2)CCCCC1. The van der Waals surface area contributed by atoms with E-state index < -0.39 is 17.7 Å². The largest absolute Gasteiger partial charge is 0.444 e. The van der Waals surface area contributed by atoms with Gasteiger partial charge in [-0.25, -0.2) is 9.59 Å². The molecule has 0 aliphatic carbocycles. The average molecular weight is 440 g/mol. The van der Waals surface area contributed by atoms with Gasteiger partial charge in [-0.1, -0.05) is 0 Å². The number of carbonyl (C=O) groups excluding carboxylic acids is 2. The van der Waals surface area contributed by atoms with Crippen molar-refractivity contribution in [3.05, 3.63) is 0 Å². The van der Waals surface area contributed by atoms with Gasteiger partial charge in [0.15, 0.2) is 6.04 Å². The van der Waals surface area contributed by atoms with Crippen LogP contribution in [-0.2, 0) is 9.53 Å². The quantitative estimate of drug-likeness (QED) is 0.564. The first-order valence-corrected chi connectivity index (χ1v) is 12.2. The van der Waals surface area contributed by atoms with Crippen LogP contribution < -0.4 is 10.6 Å². The number of carbonyl (C=O) groups is 2. The summed E-state index contributed by atoms with van der Waals surface area (Å²) in [5.41, 5.74) is -0.612. The van der Waals surface area contributed by atoms with E-state index in [-0.39, 0.29) is 12.0 Å². The van der Waals surface area contributed by atoms with E-state index in [0.717, 1.165) is 65.0 Å². The van der Waals surface area contributed by atoms with E-state index in [0.29, 0.717) is 29.9 Å². The summed E-state index contributed by atoms with van der Waals surface area (Å²) in [7, 11) is 0. The van der Waals surface area contributed by atoms with Gasteiger partial charge in [-0.2, -0.15) is 0 Å². The van der Waals surface area contributed by atoms with E-state index in [9.17, 15) is 14.7 Å². The Morgan fingerprint density at radius 3 is 2.29 bits per heavy atom. The molecule has 178 valence electrons. The van der Waals surface area contributed by atoms with Crippen LogP contribution in [0.2, 0.25) is 0 Å². The van der Waals surface area contributed by atoms with Gasteiger partial charge in [-0.15, -0.1) is 0 Å². The summed E-state index contributed by atoms with van der Waals surface area (Å²) in [4.78, 5) is 29.0. The monoisotopic (exact) mass is 439 g/mol. The van der Waals surface area contributed by atoms with Gasteiger partial charge < -0.3 is 25.4 Å². The molecule has 2 amide bonds. The van der Waals surface area contributed by atoms with Gasteiger partial charge in [0.2, 0.25) is 0 Å². The Morgan fingerprint density at radius 1 is 1.10 bits per heavy atom. The first kappa shape index (κ1) is 24.4. The number of nitrogens with zero attached hydrogens (tertiary/aromatic N) is 2. The van der Waals surface area contributed by atoms with E-state index >= 15 is 0 Å². The summed E-state index contributed by atoms with van der Waals surface area (Å²) >= 11 is 0. The lowest BCUT2D eigenvalue weighted by Crippen LogP contribution is -2.69. The Balaban J connectivity index is 1.80. The van der Waals surface area contributed by atoms with Crippen LogP contribution in [0.3, 0.4) is 0 Å². The molecule has 0 saturated carbocycles. The highest BCUT2D eigenvalue weighted by molar-refractivity contribution is 5.81. The molecule has 8 heteroatoms. The average Bonchev–Trinajstić information content (AvgIpc) is 2.74. The molecule has 0 bridgehead atoms. The lowest BCUT2D eigenvalue weighted by atomic mass is 9.94. The van der Waals surface area contributed by atoms with E-state index in [1.54, 1.807) is 0 Å². The number of hydrogen-bond donors (Lipinski definition) is 3. The highest BCUT2D eigenvalue weighted by Crippen LogP contribution is 2.30. The van der Waals surface area contributed by atoms with E-state index in [4.69, 9.17) is 4.74 Å². The van der Waals surface area contributed by atoms with Gasteiger partial charge in [-0.3, -0.25) is 4.48 Å². The van der Waals surface area contributed by atoms with Crippen molar-refractivity contribution in [1.29, 1.82) is 0 Å². The first-order valence-electron chi connectivity index (χ1n) is 12.2. The lowest BCUT2D eigenvalue weighted by molar-refractivity contribution is -0.886. The molecule has 3 heterocycles. The highest BCUT2D eigenvalue weighted by atomic mass is 16.6. The van der Waals surface area contributed by atoms with Gasteiger partial charge in [0, 0.05) is 45.6 Å². The predicted molar refractivity (Wildman–Crippen MR) is 120 cm³/mol. The Bertz CT molecular complexity index is 601. The zero-order valence-corrected chi connectivity index (χ0v) is 19.7. The number of aliphatic hydroxyl groups is 1. The molecule has 1 unspecified atom stereocenters. The molecule has 3 aliphatic heterocycles. The van der Waals surface area contributed by atoms with Crippen LogP contribution in [0.15, 0.2) is 0 Å². The zero-order valence-electron chi connectivity index (χ0n) is 19.7. The van der Waals surface area contributed by atoms with Crippen LogP contribution in [0, 0.1) is 0 Å². The number of quaternary nitrogens is 1. The Labute approximate surface area is 187 Å². The fourth-order valence-electron chi connectivity index (χ4n) is 5.45. The van der Waals surface area contributed by atoms with Crippen molar-refractivity contribution in [3.8, 4) is 0 Å². The van der Waals surface area contributed by atoms with Crippen molar-refractivity contribution in [3.63, 3.8) is 0 Å². The number of aliphatic hydroxyl groups excluding tert-OH is 1. The van der Waals surface area contributed by atoms with Crippen LogP contribution in [0.4, 0.5) is 4.79 Å². The number of piperidine rings is 3. The number of alkyl carbamates (subject to hydrolysis) is 1. The summed E-state index contributed by atoms with van der Waals surface area (Å²) in [6, 6.07) is -0.279. The molecule has 1 atom stereocenters. The molecule has 0 aromatic carbocycles. The highest BCUT2D eigenvalue weighted by Gasteiger charge is 2.49. The summed E-state index contributed by atoms with van der Waals surface area (Å²) in [6.07, 6.45) is 5.93. The Morgan fingerprint density at radius 2 is 1.71 bits per heavy atom. The molecule has 3 rings (SSSR count). The van der Waals surface area contributed by atoms with E-state index in [1.807, 2.05) is 20.8 Å². The summed E-state index contributed by atoms with van der Waals surface area (Å²) in [6.45, 7) is 11.1. The molecule has 0 spiro atoms. The zero-order chi connectivity index (χ0) is 22.5. The van der Waals surface area contributed by atoms with Gasteiger partial charge >= 0.3 is 12.0 Å². The Kier molecular flexibility index (Phi) is 8.35. The van der Waals surface area contributed by atoms with Gasteiger partial charge in [0.1, 0.15) is 5.60 Å². The lowest BCUT2D eigenvalue weighted by Gasteiger charge is -2.48. The van der Waals surface area contributed by atoms with Crippen molar-refractivity contribution < 1.29 is 23.9 Å². The number of rotatable bonds is 5. The van der Waals surface area contributed by atoms with Crippen LogP contribution >= 0.6 is 0 Å². The van der Waals surface area contributed by atoms with Crippen LogP contribution in [0.25, 0.3) is 0 Å². The third kappa shape index (κ3) is 6.63. The van der Waals surface area contributed by atoms with Crippen LogP contribution in [0.1, 0.15) is 65.7 Å². The van der Waals surface area contributed by atoms with Crippen molar-refractivity contribution in [2.75, 3.05) is 45.8 Å². The molecule has 31 heavy (non-hydrogen) atoms. The molecule has 0 aromatic rings. The molecular formula is C23H43N4O4+. The van der Waals surface area contributed by atoms with Crippen molar-refractivity contribution in [1.82, 2.24) is 15.5 Å². The maximum atomic E-state index is 14.2. The minimum absolute atomic E-state index is 0.142. The third-order valence-electron chi connectivity index (χ3n) is 7.05. The van der Waals surface area contributed by atoms with Crippen molar-refractivity contribution in [2.45, 2.75) is 89.5 Å². The van der Waals surface area contributed by atoms with Gasteiger partial charge in [0.05, 0.1) is 25.2 Å². The molecule has 3 saturated heterocycles. The van der Waals surface area contributed by atoms with E-state index in [2.05, 4.69) is 15.5 Å². The standard InChI is InChI=1S/C23H42N4O4/c1-23(2,3)31-22(30)25-20(17-26-13-9-19(28)10-14-26)21(29)27(15-5-4-6-16-27)18-7-11-24-12-8-18/h18-20,24,28H,4-17H2,1-3H3/p+1. The van der Waals surface area contributed by atoms with Crippen molar-refractivity contribution in [2.24, 2.45) is 0 Å². The fraction of sp³-hybridized carbons (Fsp3) is 0.913. The van der Waals surface area contributed by atoms with Crippen LogP contribution in [0.5, 0.6) is 0 Å². The number of amides is 2. The normalized spacial score (nSPS) is 25.0. The second-order valence-electron chi connectivity index (χ2n) is 10.6.